The molecule has 0 aromatic heterocycles. The summed E-state index contributed by atoms with van der Waals surface area (Å²) in [5.74, 6) is -0.363. The van der Waals surface area contributed by atoms with Gasteiger partial charge in [0.1, 0.15) is 6.10 Å². The maximum absolute atomic E-state index is 12.6. The molecule has 0 heterocycles. The van der Waals surface area contributed by atoms with Crippen LogP contribution in [0.4, 0.5) is 0 Å². The maximum atomic E-state index is 12.6. The van der Waals surface area contributed by atoms with Crippen LogP contribution in [-0.4, -0.2) is 49.9 Å². The third-order valence-electron chi connectivity index (χ3n) is 8.87. The molecular formula is C51H84NO7P. The Bertz CT molecular complexity index is 1320. The van der Waals surface area contributed by atoms with Gasteiger partial charge in [-0.05, 0) is 103 Å². The van der Waals surface area contributed by atoms with E-state index in [4.69, 9.17) is 24.3 Å². The van der Waals surface area contributed by atoms with E-state index in [0.717, 1.165) is 122 Å². The van der Waals surface area contributed by atoms with Crippen LogP contribution < -0.4 is 5.73 Å². The molecule has 0 amide bonds. The minimum absolute atomic E-state index is 0.0796. The van der Waals surface area contributed by atoms with Crippen LogP contribution in [0.5, 0.6) is 0 Å². The Morgan fingerprint density at radius 2 is 0.883 bits per heavy atom. The van der Waals surface area contributed by atoms with E-state index in [0.29, 0.717) is 6.61 Å². The van der Waals surface area contributed by atoms with Gasteiger partial charge in [0.05, 0.1) is 19.8 Å². The average molecular weight is 854 g/mol. The molecule has 0 aliphatic heterocycles. The van der Waals surface area contributed by atoms with Crippen LogP contribution in [0.1, 0.15) is 155 Å². The highest BCUT2D eigenvalue weighted by atomic mass is 31.2. The van der Waals surface area contributed by atoms with Crippen molar-refractivity contribution in [3.05, 3.63) is 122 Å². The molecule has 2 atom stereocenters. The summed E-state index contributed by atoms with van der Waals surface area (Å²) in [7, 11) is -4.30. The molecule has 9 heteroatoms. The lowest BCUT2D eigenvalue weighted by Crippen LogP contribution is -2.28. The number of hydrogen-bond donors (Lipinski definition) is 2. The number of rotatable bonds is 42. The van der Waals surface area contributed by atoms with Gasteiger partial charge in [0.25, 0.3) is 0 Å². The van der Waals surface area contributed by atoms with E-state index in [-0.39, 0.29) is 38.8 Å². The number of ether oxygens (including phenoxy) is 2. The first kappa shape index (κ1) is 56.9. The van der Waals surface area contributed by atoms with Crippen molar-refractivity contribution >= 4 is 13.8 Å². The minimum atomic E-state index is -4.30. The number of unbranched alkanes of at least 4 members (excludes halogenated alkanes) is 9. The Morgan fingerprint density at radius 3 is 1.32 bits per heavy atom. The number of carbonyl (C=O) groups is 1. The quantitative estimate of drug-likeness (QED) is 0.0270. The van der Waals surface area contributed by atoms with Gasteiger partial charge in [0, 0.05) is 19.6 Å². The van der Waals surface area contributed by atoms with Crippen molar-refractivity contribution in [3.63, 3.8) is 0 Å². The van der Waals surface area contributed by atoms with E-state index in [1.807, 2.05) is 0 Å². The molecule has 0 radical (unpaired) electrons. The third-order valence-corrected chi connectivity index (χ3v) is 9.86. The smallest absolute Gasteiger partial charge is 0.457 e. The Hall–Kier alpha value is -3.10. The number of phosphoric acid groups is 1. The van der Waals surface area contributed by atoms with Crippen molar-refractivity contribution in [2.24, 2.45) is 5.73 Å². The fourth-order valence-corrected chi connectivity index (χ4v) is 6.34. The van der Waals surface area contributed by atoms with Gasteiger partial charge in [0.15, 0.2) is 0 Å². The molecule has 2 unspecified atom stereocenters. The first-order valence-corrected chi connectivity index (χ1v) is 24.5. The number of hydrogen-bond acceptors (Lipinski definition) is 7. The molecule has 0 saturated heterocycles. The molecule has 0 aromatic carbocycles. The van der Waals surface area contributed by atoms with Gasteiger partial charge in [-0.1, -0.05) is 167 Å². The Labute approximate surface area is 366 Å². The van der Waals surface area contributed by atoms with Crippen molar-refractivity contribution in [2.75, 3.05) is 33.0 Å². The average Bonchev–Trinajstić information content (AvgIpc) is 3.24. The Balaban J connectivity index is 4.12. The monoisotopic (exact) mass is 854 g/mol. The van der Waals surface area contributed by atoms with Crippen molar-refractivity contribution < 1.29 is 32.8 Å². The minimum Gasteiger partial charge on any atom is -0.457 e. The lowest BCUT2D eigenvalue weighted by Gasteiger charge is -2.20. The van der Waals surface area contributed by atoms with E-state index >= 15 is 0 Å². The molecular weight excluding hydrogens is 770 g/mol. The highest BCUT2D eigenvalue weighted by Crippen LogP contribution is 2.43. The second-order valence-electron chi connectivity index (χ2n) is 14.5. The number of carbonyl (C=O) groups excluding carboxylic acids is 1. The molecule has 0 fully saturated rings. The van der Waals surface area contributed by atoms with E-state index in [1.54, 1.807) is 0 Å². The summed E-state index contributed by atoms with van der Waals surface area (Å²) in [4.78, 5) is 22.5. The van der Waals surface area contributed by atoms with Gasteiger partial charge in [-0.3, -0.25) is 13.8 Å². The molecule has 0 aliphatic rings. The molecule has 60 heavy (non-hydrogen) atoms. The van der Waals surface area contributed by atoms with Crippen LogP contribution >= 0.6 is 7.82 Å². The summed E-state index contributed by atoms with van der Waals surface area (Å²) < 4.78 is 33.4. The topological polar surface area (TPSA) is 117 Å². The van der Waals surface area contributed by atoms with Gasteiger partial charge in [-0.15, -0.1) is 0 Å². The standard InChI is InChI=1S/C51H84NO7P/c1-3-5-7-9-11-13-15-17-19-21-22-23-24-25-26-27-28-29-30-32-34-36-38-40-42-44-51(53)59-50(49-58-60(54,55)57-47-45-52)48-56-46-43-41-39-37-35-33-31-20-18-16-14-12-10-8-6-4-2/h5-8,11-14,17-20,22-23,25-26,28-29,33,35,50H,3-4,9-10,15-16,21,24,27,30-32,34,36-49,52H2,1-2H3,(H,54,55)/b7-5-,8-6-,13-11-,14-12-,19-17-,20-18-,23-22-,26-25-,29-28-,35-33-. The number of phosphoric ester groups is 1. The van der Waals surface area contributed by atoms with Gasteiger partial charge in [0.2, 0.25) is 0 Å². The molecule has 0 aromatic rings. The highest BCUT2D eigenvalue weighted by Gasteiger charge is 2.25. The molecule has 340 valence electrons. The highest BCUT2D eigenvalue weighted by molar-refractivity contribution is 7.47. The van der Waals surface area contributed by atoms with E-state index in [1.165, 1.54) is 12.8 Å². The fraction of sp³-hybridized carbons (Fsp3) is 0.588. The van der Waals surface area contributed by atoms with Crippen LogP contribution in [0.25, 0.3) is 0 Å². The first-order chi connectivity index (χ1) is 29.4. The predicted octanol–water partition coefficient (Wildman–Crippen LogP) is 14.2. The summed E-state index contributed by atoms with van der Waals surface area (Å²) in [6.45, 7) is 4.55. The summed E-state index contributed by atoms with van der Waals surface area (Å²) in [6, 6.07) is 0. The summed E-state index contributed by atoms with van der Waals surface area (Å²) in [5, 5.41) is 0. The van der Waals surface area contributed by atoms with Crippen molar-refractivity contribution in [1.29, 1.82) is 0 Å². The maximum Gasteiger partial charge on any atom is 0.472 e. The molecule has 0 aliphatic carbocycles. The second kappa shape index (κ2) is 47.0. The zero-order valence-electron chi connectivity index (χ0n) is 37.6. The van der Waals surface area contributed by atoms with Crippen molar-refractivity contribution in [1.82, 2.24) is 0 Å². The molecule has 0 bridgehead atoms. The zero-order valence-corrected chi connectivity index (χ0v) is 38.5. The fourth-order valence-electron chi connectivity index (χ4n) is 5.58. The van der Waals surface area contributed by atoms with E-state index in [2.05, 4.69) is 135 Å². The lowest BCUT2D eigenvalue weighted by molar-refractivity contribution is -0.154. The summed E-state index contributed by atoms with van der Waals surface area (Å²) >= 11 is 0. The SMILES string of the molecule is CC/C=C\C/C=C\C/C=C\C/C=C\C/C=C\C/C=C\CCCCCCCCC(=O)OC(COCCCCC/C=C\C/C=C\C/C=C\C/C=C\CC)COP(=O)(O)OCCN. The van der Waals surface area contributed by atoms with Gasteiger partial charge in [-0.25, -0.2) is 4.57 Å². The van der Waals surface area contributed by atoms with Crippen LogP contribution in [-0.2, 0) is 27.9 Å². The van der Waals surface area contributed by atoms with Crippen LogP contribution in [0.3, 0.4) is 0 Å². The molecule has 8 nitrogen and oxygen atoms in total. The van der Waals surface area contributed by atoms with Crippen molar-refractivity contribution in [3.8, 4) is 0 Å². The summed E-state index contributed by atoms with van der Waals surface area (Å²) in [5.41, 5.74) is 5.37. The second-order valence-corrected chi connectivity index (χ2v) is 16.0. The van der Waals surface area contributed by atoms with Crippen LogP contribution in [0.15, 0.2) is 122 Å². The molecule has 0 spiro atoms. The number of esters is 1. The van der Waals surface area contributed by atoms with E-state index in [9.17, 15) is 14.3 Å². The zero-order chi connectivity index (χ0) is 43.7. The molecule has 0 rings (SSSR count). The van der Waals surface area contributed by atoms with Crippen molar-refractivity contribution in [2.45, 2.75) is 161 Å². The number of nitrogens with two attached hydrogens (primary N) is 1. The molecule has 0 saturated carbocycles. The summed E-state index contributed by atoms with van der Waals surface area (Å²) in [6.07, 6.45) is 65.1. The van der Waals surface area contributed by atoms with Gasteiger partial charge >= 0.3 is 13.8 Å². The largest absolute Gasteiger partial charge is 0.472 e. The normalized spacial score (nSPS) is 14.5. The lowest BCUT2D eigenvalue weighted by atomic mass is 10.1. The van der Waals surface area contributed by atoms with E-state index < -0.39 is 13.9 Å². The van der Waals surface area contributed by atoms with Crippen LogP contribution in [0.2, 0.25) is 0 Å². The van der Waals surface area contributed by atoms with Gasteiger partial charge in [-0.2, -0.15) is 0 Å². The Kier molecular flexibility index (Phi) is 44.5. The van der Waals surface area contributed by atoms with Gasteiger partial charge < -0.3 is 20.1 Å². The third kappa shape index (κ3) is 46.0. The predicted molar refractivity (Wildman–Crippen MR) is 256 cm³/mol. The Morgan fingerprint density at radius 1 is 0.500 bits per heavy atom. The first-order valence-electron chi connectivity index (χ1n) is 23.0. The molecule has 3 N–H and O–H groups in total. The van der Waals surface area contributed by atoms with Crippen LogP contribution in [0, 0.1) is 0 Å². The number of allylic oxidation sites excluding steroid dienone is 20.